The van der Waals surface area contributed by atoms with E-state index in [2.05, 4.69) is 0 Å². The van der Waals surface area contributed by atoms with E-state index in [0.29, 0.717) is 5.75 Å². The van der Waals surface area contributed by atoms with Crippen LogP contribution in [0.1, 0.15) is 0 Å². The summed E-state index contributed by atoms with van der Waals surface area (Å²) in [5.41, 5.74) is 0.137. The Morgan fingerprint density at radius 2 is 1.29 bits per heavy atom. The van der Waals surface area contributed by atoms with Gasteiger partial charge in [0.25, 0.3) is 5.69 Å². The molecule has 90 valence electrons. The molecule has 0 spiro atoms. The van der Waals surface area contributed by atoms with Crippen LogP contribution >= 0.6 is 13.5 Å². The molecule has 17 heavy (non-hydrogen) atoms. The molecule has 1 N–H and O–H groups in total. The normalized spacial score (nSPS) is 8.24. The van der Waals surface area contributed by atoms with Crippen LogP contribution in [-0.2, 0) is 0 Å². The maximum atomic E-state index is 10.0. The fourth-order valence-electron chi connectivity index (χ4n) is 0.978. The Morgan fingerprint density at radius 3 is 1.53 bits per heavy atom. The predicted octanol–water partition coefficient (Wildman–Crippen LogP) is 3.10. The summed E-state index contributed by atoms with van der Waals surface area (Å²) in [6, 6.07) is 16.6. The van der Waals surface area contributed by atoms with E-state index in [1.807, 2.05) is 6.07 Å². The zero-order valence-corrected chi connectivity index (χ0v) is 9.98. The van der Waals surface area contributed by atoms with Gasteiger partial charge >= 0.3 is 0 Å². The van der Waals surface area contributed by atoms with Gasteiger partial charge in [0.05, 0.1) is 4.92 Å². The van der Waals surface area contributed by atoms with Crippen LogP contribution in [-0.4, -0.2) is 10.0 Å². The molecule has 2 aromatic carbocycles. The van der Waals surface area contributed by atoms with E-state index < -0.39 is 4.92 Å². The van der Waals surface area contributed by atoms with E-state index in [1.54, 1.807) is 42.5 Å². The molecule has 0 radical (unpaired) electrons. The number of phenolic OH excluding ortho intramolecular Hbond substituents is 1. The van der Waals surface area contributed by atoms with Crippen molar-refractivity contribution in [1.29, 1.82) is 0 Å². The summed E-state index contributed by atoms with van der Waals surface area (Å²) in [6.07, 6.45) is 0. The molecular formula is C12H13NO3S. The monoisotopic (exact) mass is 251 g/mol. The number of benzene rings is 2. The smallest absolute Gasteiger partial charge is 0.269 e. The Hall–Kier alpha value is -2.01. The lowest BCUT2D eigenvalue weighted by Crippen LogP contribution is -1.84. The Bertz CT molecular complexity index is 434. The number of phenols is 1. The van der Waals surface area contributed by atoms with Gasteiger partial charge in [-0.05, 0) is 12.1 Å². The van der Waals surface area contributed by atoms with E-state index in [1.165, 1.54) is 12.1 Å². The Morgan fingerprint density at radius 1 is 0.882 bits per heavy atom. The third-order valence-electron chi connectivity index (χ3n) is 1.72. The summed E-state index contributed by atoms with van der Waals surface area (Å²) in [5.74, 6) is 0.322. The summed E-state index contributed by atoms with van der Waals surface area (Å²) < 4.78 is 0. The first kappa shape index (κ1) is 15.0. The minimum Gasteiger partial charge on any atom is -0.508 e. The van der Waals surface area contributed by atoms with Gasteiger partial charge in [-0.1, -0.05) is 36.4 Å². The van der Waals surface area contributed by atoms with Crippen molar-refractivity contribution < 1.29 is 10.0 Å². The minimum atomic E-state index is -0.417. The molecule has 0 aliphatic rings. The molecule has 0 aliphatic carbocycles. The van der Waals surface area contributed by atoms with Gasteiger partial charge in [0.1, 0.15) is 5.75 Å². The van der Waals surface area contributed by atoms with Crippen LogP contribution < -0.4 is 0 Å². The lowest BCUT2D eigenvalue weighted by atomic mass is 10.3. The van der Waals surface area contributed by atoms with Gasteiger partial charge in [-0.25, -0.2) is 0 Å². The molecule has 0 fully saturated rings. The van der Waals surface area contributed by atoms with Crippen molar-refractivity contribution in [1.82, 2.24) is 0 Å². The SMILES string of the molecule is O=[N+]([O-])c1ccccc1.Oc1ccccc1.S. The van der Waals surface area contributed by atoms with Crippen molar-refractivity contribution in [2.75, 3.05) is 0 Å². The van der Waals surface area contributed by atoms with Gasteiger partial charge in [-0.3, -0.25) is 10.1 Å². The van der Waals surface area contributed by atoms with Crippen LogP contribution in [0.5, 0.6) is 5.75 Å². The molecule has 0 bridgehead atoms. The van der Waals surface area contributed by atoms with Crippen LogP contribution in [0, 0.1) is 10.1 Å². The predicted molar refractivity (Wildman–Crippen MR) is 71.6 cm³/mol. The van der Waals surface area contributed by atoms with Crippen molar-refractivity contribution in [2.24, 2.45) is 0 Å². The number of rotatable bonds is 1. The van der Waals surface area contributed by atoms with E-state index in [-0.39, 0.29) is 19.2 Å². The molecule has 4 nitrogen and oxygen atoms in total. The largest absolute Gasteiger partial charge is 0.508 e. The summed E-state index contributed by atoms with van der Waals surface area (Å²) >= 11 is 0. The first-order valence-corrected chi connectivity index (χ1v) is 4.63. The molecule has 0 heterocycles. The number of nitrogens with zero attached hydrogens (tertiary/aromatic N) is 1. The highest BCUT2D eigenvalue weighted by Crippen LogP contribution is 2.06. The number of para-hydroxylation sites is 2. The van der Waals surface area contributed by atoms with Crippen molar-refractivity contribution >= 4 is 19.2 Å². The highest BCUT2D eigenvalue weighted by atomic mass is 32.1. The maximum Gasteiger partial charge on any atom is 0.269 e. The second kappa shape index (κ2) is 8.18. The molecular weight excluding hydrogens is 238 g/mol. The van der Waals surface area contributed by atoms with Crippen LogP contribution in [0.25, 0.3) is 0 Å². The molecule has 5 heteroatoms. The van der Waals surface area contributed by atoms with E-state index in [0.717, 1.165) is 0 Å². The van der Waals surface area contributed by atoms with Crippen LogP contribution in [0.3, 0.4) is 0 Å². The van der Waals surface area contributed by atoms with Crippen LogP contribution in [0.2, 0.25) is 0 Å². The fourth-order valence-corrected chi connectivity index (χ4v) is 0.978. The zero-order valence-electron chi connectivity index (χ0n) is 8.98. The Kier molecular flexibility index (Phi) is 7.21. The van der Waals surface area contributed by atoms with Gasteiger partial charge in [0.2, 0.25) is 0 Å². The summed E-state index contributed by atoms with van der Waals surface area (Å²) in [6.45, 7) is 0. The lowest BCUT2D eigenvalue weighted by molar-refractivity contribution is -0.384. The number of nitro benzene ring substituents is 1. The molecule has 0 aliphatic heterocycles. The van der Waals surface area contributed by atoms with Crippen molar-refractivity contribution in [3.8, 4) is 5.75 Å². The summed E-state index contributed by atoms with van der Waals surface area (Å²) in [4.78, 5) is 9.59. The third kappa shape index (κ3) is 6.21. The van der Waals surface area contributed by atoms with Gasteiger partial charge in [0, 0.05) is 12.1 Å². The van der Waals surface area contributed by atoms with E-state index in [9.17, 15) is 10.1 Å². The van der Waals surface area contributed by atoms with Crippen LogP contribution in [0.15, 0.2) is 60.7 Å². The van der Waals surface area contributed by atoms with Gasteiger partial charge in [-0.15, -0.1) is 0 Å². The molecule has 0 aromatic heterocycles. The van der Waals surface area contributed by atoms with E-state index >= 15 is 0 Å². The van der Waals surface area contributed by atoms with E-state index in [4.69, 9.17) is 5.11 Å². The highest BCUT2D eigenvalue weighted by molar-refractivity contribution is 7.59. The second-order valence-corrected chi connectivity index (χ2v) is 2.93. The number of non-ortho nitro benzene ring substituents is 1. The molecule has 2 rings (SSSR count). The zero-order chi connectivity index (χ0) is 11.8. The first-order valence-electron chi connectivity index (χ1n) is 4.63. The molecule has 0 unspecified atom stereocenters. The average Bonchev–Trinajstić information content (AvgIpc) is 2.32. The highest BCUT2D eigenvalue weighted by Gasteiger charge is 1.98. The third-order valence-corrected chi connectivity index (χ3v) is 1.72. The molecule has 0 saturated carbocycles. The van der Waals surface area contributed by atoms with Crippen molar-refractivity contribution in [3.05, 3.63) is 70.8 Å². The van der Waals surface area contributed by atoms with Crippen LogP contribution in [0.4, 0.5) is 5.69 Å². The van der Waals surface area contributed by atoms with Crippen molar-refractivity contribution in [3.63, 3.8) is 0 Å². The van der Waals surface area contributed by atoms with Gasteiger partial charge in [-0.2, -0.15) is 13.5 Å². The van der Waals surface area contributed by atoms with Gasteiger partial charge < -0.3 is 5.11 Å². The quantitative estimate of drug-likeness (QED) is 0.625. The molecule has 0 amide bonds. The minimum absolute atomic E-state index is 0. The Labute approximate surface area is 106 Å². The number of hydrogen-bond donors (Lipinski definition) is 1. The lowest BCUT2D eigenvalue weighted by Gasteiger charge is -1.85. The topological polar surface area (TPSA) is 63.4 Å². The fraction of sp³-hybridized carbons (Fsp3) is 0. The van der Waals surface area contributed by atoms with Crippen molar-refractivity contribution in [2.45, 2.75) is 0 Å². The number of nitro groups is 1. The maximum absolute atomic E-state index is 10.0. The number of aromatic hydroxyl groups is 1. The molecule has 0 saturated heterocycles. The summed E-state index contributed by atoms with van der Waals surface area (Å²) in [5, 5.41) is 18.6. The summed E-state index contributed by atoms with van der Waals surface area (Å²) in [7, 11) is 0. The number of hydrogen-bond acceptors (Lipinski definition) is 3. The molecule has 2 aromatic rings. The average molecular weight is 251 g/mol. The van der Waals surface area contributed by atoms with Gasteiger partial charge in [0.15, 0.2) is 0 Å². The standard InChI is InChI=1S/C6H5NO2.C6H6O.H2S/c8-7(9)6-4-2-1-3-5-6;7-6-4-2-1-3-5-6;/h1-5H;1-5,7H;1H2. The molecule has 0 atom stereocenters. The second-order valence-electron chi connectivity index (χ2n) is 2.93. The Balaban J connectivity index is 0.000000292. The first-order chi connectivity index (χ1) is 7.70.